The summed E-state index contributed by atoms with van der Waals surface area (Å²) in [5.74, 6) is 4.83. The van der Waals surface area contributed by atoms with E-state index in [1.54, 1.807) is 6.33 Å². The first kappa shape index (κ1) is 22.4. The Hall–Kier alpha value is -2.37. The first-order chi connectivity index (χ1) is 16.1. The van der Waals surface area contributed by atoms with Crippen LogP contribution in [0, 0.1) is 17.2 Å². The van der Waals surface area contributed by atoms with Crippen LogP contribution in [0.1, 0.15) is 51.0 Å². The van der Waals surface area contributed by atoms with Crippen molar-refractivity contribution in [2.45, 2.75) is 57.7 Å². The molecule has 0 aromatic carbocycles. The van der Waals surface area contributed by atoms with Crippen LogP contribution in [-0.2, 0) is 11.5 Å². The quantitative estimate of drug-likeness (QED) is 0.289. The lowest BCUT2D eigenvalue weighted by Crippen LogP contribution is -2.10. The van der Waals surface area contributed by atoms with Gasteiger partial charge in [-0.1, -0.05) is 25.7 Å². The predicted molar refractivity (Wildman–Crippen MR) is 133 cm³/mol. The monoisotopic (exact) mass is 466 g/mol. The van der Waals surface area contributed by atoms with Crippen LogP contribution >= 0.6 is 10.0 Å². The summed E-state index contributed by atoms with van der Waals surface area (Å²) in [5.41, 5.74) is 2.73. The van der Waals surface area contributed by atoms with Crippen LogP contribution in [0.5, 0.6) is 0 Å². The molecule has 176 valence electrons. The lowest BCUT2D eigenvalue weighted by atomic mass is 9.97. The summed E-state index contributed by atoms with van der Waals surface area (Å²) < 4.78 is 9.98. The largest absolute Gasteiger partial charge is 0.360 e. The first-order valence-electron chi connectivity index (χ1n) is 12.2. The molecule has 1 unspecified atom stereocenters. The highest BCUT2D eigenvalue weighted by molar-refractivity contribution is 8.38. The van der Waals surface area contributed by atoms with Gasteiger partial charge >= 0.3 is 0 Å². The molecule has 1 saturated carbocycles. The Morgan fingerprint density at radius 2 is 2.12 bits per heavy atom. The Morgan fingerprint density at radius 1 is 1.27 bits per heavy atom. The molecule has 1 atom stereocenters. The molecule has 0 radical (unpaired) electrons. The van der Waals surface area contributed by atoms with Crippen molar-refractivity contribution in [3.8, 4) is 17.3 Å². The summed E-state index contributed by atoms with van der Waals surface area (Å²) in [6.45, 7) is 1.33. The van der Waals surface area contributed by atoms with E-state index in [0.29, 0.717) is 13.2 Å². The van der Waals surface area contributed by atoms with Crippen molar-refractivity contribution in [3.63, 3.8) is 0 Å². The van der Waals surface area contributed by atoms with Gasteiger partial charge in [-0.3, -0.25) is 4.68 Å². The lowest BCUT2D eigenvalue weighted by molar-refractivity contribution is 0.0924. The Bertz CT molecular complexity index is 1120. The summed E-state index contributed by atoms with van der Waals surface area (Å²) in [6.07, 6.45) is 18.0. The van der Waals surface area contributed by atoms with Gasteiger partial charge in [0.05, 0.1) is 37.0 Å². The number of nitriles is 1. The van der Waals surface area contributed by atoms with E-state index in [1.807, 2.05) is 23.3 Å². The second-order valence-corrected chi connectivity index (χ2v) is 14.0. The van der Waals surface area contributed by atoms with Gasteiger partial charge in [-0.2, -0.15) is 10.4 Å². The summed E-state index contributed by atoms with van der Waals surface area (Å²) in [5, 5.41) is 15.0. The zero-order valence-corrected chi connectivity index (χ0v) is 20.3. The van der Waals surface area contributed by atoms with Gasteiger partial charge in [-0.15, -0.1) is 0 Å². The lowest BCUT2D eigenvalue weighted by Gasteiger charge is -2.17. The molecular weight excluding hydrogens is 432 g/mol. The average molecular weight is 467 g/mol. The molecule has 33 heavy (non-hydrogen) atoms. The van der Waals surface area contributed by atoms with Gasteiger partial charge in [0.2, 0.25) is 0 Å². The predicted octanol–water partition coefficient (Wildman–Crippen LogP) is 5.14. The van der Waals surface area contributed by atoms with E-state index in [1.165, 1.54) is 49.4 Å². The molecule has 3 aromatic rings. The van der Waals surface area contributed by atoms with Crippen molar-refractivity contribution in [3.05, 3.63) is 31.0 Å². The average Bonchev–Trinajstić information content (AvgIpc) is 3.28. The number of rotatable bonds is 11. The second kappa shape index (κ2) is 9.86. The minimum atomic E-state index is -0.308. The third-order valence-electron chi connectivity index (χ3n) is 7.37. The van der Waals surface area contributed by atoms with Crippen molar-refractivity contribution in [1.29, 1.82) is 5.26 Å². The van der Waals surface area contributed by atoms with Crippen LogP contribution in [0.2, 0.25) is 0 Å². The maximum Gasteiger partial charge on any atom is 0.145 e. The fourth-order valence-electron chi connectivity index (χ4n) is 4.93. The number of hydrogen-bond donors (Lipinski definition) is 0. The molecule has 5 rings (SSSR count). The van der Waals surface area contributed by atoms with Crippen LogP contribution < -0.4 is 0 Å². The Balaban J connectivity index is 1.28. The molecular formula is C25H34N6OS. The third kappa shape index (κ3) is 5.25. The highest BCUT2D eigenvalue weighted by Crippen LogP contribution is 2.57. The molecule has 8 heteroatoms. The SMILES string of the molecule is CS1(CCOCn2ccc3c(-c4cnn(C(CC#N)CCC5CCCC5)c4)ncnc32)CC1. The number of fused-ring (bicyclic) bond motifs is 1. The summed E-state index contributed by atoms with van der Waals surface area (Å²) >= 11 is 0. The van der Waals surface area contributed by atoms with Crippen molar-refractivity contribution < 1.29 is 4.74 Å². The summed E-state index contributed by atoms with van der Waals surface area (Å²) in [7, 11) is -0.308. The highest BCUT2D eigenvalue weighted by Gasteiger charge is 2.30. The minimum absolute atomic E-state index is 0.120. The fourth-order valence-corrected chi connectivity index (χ4v) is 6.99. The van der Waals surface area contributed by atoms with E-state index in [2.05, 4.69) is 38.0 Å². The molecule has 2 aliphatic rings. The van der Waals surface area contributed by atoms with Crippen LogP contribution in [0.4, 0.5) is 0 Å². The van der Waals surface area contributed by atoms with Crippen molar-refractivity contribution >= 4 is 21.1 Å². The van der Waals surface area contributed by atoms with Crippen molar-refractivity contribution in [2.75, 3.05) is 30.1 Å². The highest BCUT2D eigenvalue weighted by atomic mass is 32.3. The van der Waals surface area contributed by atoms with Gasteiger partial charge in [0, 0.05) is 29.1 Å². The molecule has 1 aliphatic heterocycles. The topological polar surface area (TPSA) is 81.5 Å². The Labute approximate surface area is 197 Å². The zero-order chi connectivity index (χ0) is 22.7. The van der Waals surface area contributed by atoms with Gasteiger partial charge in [0.1, 0.15) is 18.7 Å². The molecule has 0 bridgehead atoms. The maximum absolute atomic E-state index is 9.37. The van der Waals surface area contributed by atoms with E-state index >= 15 is 0 Å². The van der Waals surface area contributed by atoms with Crippen LogP contribution in [-0.4, -0.2) is 54.4 Å². The molecule has 1 aliphatic carbocycles. The first-order valence-corrected chi connectivity index (χ1v) is 14.7. The molecule has 4 heterocycles. The maximum atomic E-state index is 9.37. The Kier molecular flexibility index (Phi) is 6.70. The van der Waals surface area contributed by atoms with Gasteiger partial charge in [0.25, 0.3) is 0 Å². The normalized spacial score (nSPS) is 19.5. The third-order valence-corrected chi connectivity index (χ3v) is 10.3. The molecule has 3 aromatic heterocycles. The number of ether oxygens (including phenoxy) is 1. The second-order valence-electron chi connectivity index (χ2n) is 9.83. The van der Waals surface area contributed by atoms with Gasteiger partial charge in [-0.05, 0) is 42.6 Å². The van der Waals surface area contributed by atoms with Crippen molar-refractivity contribution in [1.82, 2.24) is 24.3 Å². The molecule has 0 amide bonds. The van der Waals surface area contributed by atoms with Crippen LogP contribution in [0.25, 0.3) is 22.3 Å². The molecule has 1 saturated heterocycles. The van der Waals surface area contributed by atoms with Crippen molar-refractivity contribution in [2.24, 2.45) is 5.92 Å². The number of hydrogen-bond acceptors (Lipinski definition) is 5. The van der Waals surface area contributed by atoms with Gasteiger partial charge in [-0.25, -0.2) is 20.0 Å². The molecule has 7 nitrogen and oxygen atoms in total. The van der Waals surface area contributed by atoms with E-state index in [4.69, 9.17) is 4.74 Å². The fraction of sp³-hybridized carbons (Fsp3) is 0.600. The van der Waals surface area contributed by atoms with E-state index in [0.717, 1.165) is 41.2 Å². The molecule has 2 fully saturated rings. The van der Waals surface area contributed by atoms with Crippen LogP contribution in [0.15, 0.2) is 31.0 Å². The number of aromatic nitrogens is 5. The van der Waals surface area contributed by atoms with E-state index < -0.39 is 0 Å². The summed E-state index contributed by atoms with van der Waals surface area (Å²) in [4.78, 5) is 9.09. The Morgan fingerprint density at radius 3 is 2.91 bits per heavy atom. The standard InChI is InChI=1S/C25H34N6OS/c1-33(14-15-33)13-12-32-19-30-11-9-23-24(27-18-28-25(23)30)21-16-29-31(17-21)22(8-10-26)7-6-20-4-2-3-5-20/h9,11,16-18,20,22H,2-8,12-15,19H2,1H3. The smallest absolute Gasteiger partial charge is 0.145 e. The zero-order valence-electron chi connectivity index (χ0n) is 19.5. The number of nitrogens with zero attached hydrogens (tertiary/aromatic N) is 6. The van der Waals surface area contributed by atoms with Gasteiger partial charge < -0.3 is 9.30 Å². The van der Waals surface area contributed by atoms with Gasteiger partial charge in [0.15, 0.2) is 0 Å². The van der Waals surface area contributed by atoms with E-state index in [-0.39, 0.29) is 16.1 Å². The van der Waals surface area contributed by atoms with Crippen LogP contribution in [0.3, 0.4) is 0 Å². The molecule has 0 spiro atoms. The minimum Gasteiger partial charge on any atom is -0.360 e. The summed E-state index contributed by atoms with van der Waals surface area (Å²) in [6, 6.07) is 4.54. The van der Waals surface area contributed by atoms with E-state index in [9.17, 15) is 5.26 Å². The molecule has 0 N–H and O–H groups in total.